The Morgan fingerprint density at radius 3 is 1.63 bits per heavy atom. The zero-order valence-corrected chi connectivity index (χ0v) is 63.6. The quantitative estimate of drug-likeness (QED) is 0.0250. The number of nitrogens with zero attached hydrogens (tertiary/aromatic N) is 5. The van der Waals surface area contributed by atoms with Crippen molar-refractivity contribution in [2.45, 2.75) is 136 Å². The molecule has 34 heteroatoms. The molecule has 0 bridgehead atoms. The van der Waals surface area contributed by atoms with Crippen LogP contribution in [0.25, 0.3) is 10.9 Å². The van der Waals surface area contributed by atoms with Crippen molar-refractivity contribution in [2.24, 2.45) is 29.4 Å². The van der Waals surface area contributed by atoms with Gasteiger partial charge < -0.3 is 83.6 Å². The van der Waals surface area contributed by atoms with Gasteiger partial charge in [0.05, 0.1) is 45.0 Å². The van der Waals surface area contributed by atoms with Crippen LogP contribution in [0.15, 0.2) is 97.6 Å². The number of aromatic amines is 2. The van der Waals surface area contributed by atoms with E-state index in [2.05, 4.69) is 90.5 Å². The predicted octanol–water partition coefficient (Wildman–Crippen LogP) is 0.341. The van der Waals surface area contributed by atoms with Crippen LogP contribution in [0.4, 0.5) is 5.69 Å². The Labute approximate surface area is 639 Å². The van der Waals surface area contributed by atoms with Gasteiger partial charge in [-0.3, -0.25) is 81.9 Å². The maximum absolute atomic E-state index is 15.0. The summed E-state index contributed by atoms with van der Waals surface area (Å²) in [7, 11) is 0. The first kappa shape index (κ1) is 88.2. The van der Waals surface area contributed by atoms with Gasteiger partial charge >= 0.3 is 17.9 Å². The number of aromatic nitrogens is 3. The highest BCUT2D eigenvalue weighted by molar-refractivity contribution is 5.96. The lowest BCUT2D eigenvalue weighted by atomic mass is 9.87. The normalized spacial score (nSPS) is 15.2. The fraction of sp³-hybridized carbons (Fsp3) is 0.526. The highest BCUT2D eigenvalue weighted by Crippen LogP contribution is 2.25. The topological polar surface area (TPSA) is 484 Å². The molecule has 3 aromatic carbocycles. The smallest absolute Gasteiger partial charge is 0.317 e. The molecule has 0 spiro atoms. The number of carboxylic acid groups (broad SMARTS) is 3. The van der Waals surface area contributed by atoms with Crippen LogP contribution < -0.4 is 53.6 Å². The van der Waals surface area contributed by atoms with Gasteiger partial charge in [0.15, 0.2) is 0 Å². The minimum atomic E-state index is -1.34. The summed E-state index contributed by atoms with van der Waals surface area (Å²) in [6, 6.07) is 16.2. The van der Waals surface area contributed by atoms with E-state index >= 15 is 0 Å². The molecule has 5 aromatic rings. The Hall–Kier alpha value is -10.7. The van der Waals surface area contributed by atoms with Crippen LogP contribution in [0, 0.1) is 23.7 Å². The Morgan fingerprint density at radius 2 is 1.07 bits per heavy atom. The summed E-state index contributed by atoms with van der Waals surface area (Å²) in [4.78, 5) is 190. The first-order valence-corrected chi connectivity index (χ1v) is 37.1. The number of benzene rings is 3. The van der Waals surface area contributed by atoms with Crippen LogP contribution in [0.1, 0.15) is 96.5 Å². The van der Waals surface area contributed by atoms with E-state index in [1.54, 1.807) is 107 Å². The summed E-state index contributed by atoms with van der Waals surface area (Å²) in [6.45, 7) is 12.1. The molecule has 0 unspecified atom stereocenters. The summed E-state index contributed by atoms with van der Waals surface area (Å²) in [6.07, 6.45) is 5.60. The van der Waals surface area contributed by atoms with Crippen LogP contribution in [0.3, 0.4) is 0 Å². The number of aliphatic carboxylic acids is 3. The van der Waals surface area contributed by atoms with Crippen molar-refractivity contribution in [2.75, 3.05) is 104 Å². The maximum Gasteiger partial charge on any atom is 0.317 e. The number of imidazole rings is 1. The van der Waals surface area contributed by atoms with Crippen molar-refractivity contribution in [3.05, 3.63) is 120 Å². The van der Waals surface area contributed by atoms with Crippen LogP contribution in [0.5, 0.6) is 0 Å². The average Bonchev–Trinajstić information content (AvgIpc) is 1.66. The van der Waals surface area contributed by atoms with E-state index in [-0.39, 0.29) is 141 Å². The van der Waals surface area contributed by atoms with Gasteiger partial charge in [0.2, 0.25) is 59.1 Å². The van der Waals surface area contributed by atoms with Crippen molar-refractivity contribution in [3.63, 3.8) is 0 Å². The zero-order valence-electron chi connectivity index (χ0n) is 63.6. The molecule has 110 heavy (non-hydrogen) atoms. The highest BCUT2D eigenvalue weighted by Gasteiger charge is 2.36. The van der Waals surface area contributed by atoms with Crippen LogP contribution in [-0.4, -0.2) is 261 Å². The van der Waals surface area contributed by atoms with Crippen molar-refractivity contribution in [1.29, 1.82) is 0 Å². The lowest BCUT2D eigenvalue weighted by Gasteiger charge is -2.32. The third-order valence-corrected chi connectivity index (χ3v) is 18.4. The van der Waals surface area contributed by atoms with Gasteiger partial charge in [-0.1, -0.05) is 102 Å². The monoisotopic (exact) mass is 1530 g/mol. The van der Waals surface area contributed by atoms with Crippen molar-refractivity contribution < 1.29 is 82.4 Å². The van der Waals surface area contributed by atoms with E-state index in [9.17, 15) is 77.6 Å². The summed E-state index contributed by atoms with van der Waals surface area (Å²) in [5, 5.41) is 54.4. The highest BCUT2D eigenvalue weighted by atomic mass is 16.5. The number of hydrogen-bond acceptors (Lipinski definition) is 19. The predicted molar refractivity (Wildman–Crippen MR) is 407 cm³/mol. The number of carboxylic acids is 3. The lowest BCUT2D eigenvalue weighted by molar-refractivity contribution is -0.140. The summed E-state index contributed by atoms with van der Waals surface area (Å²) in [5.74, 6) is -11.1. The van der Waals surface area contributed by atoms with Crippen LogP contribution in [0.2, 0.25) is 0 Å². The molecule has 10 amide bonds. The van der Waals surface area contributed by atoms with Crippen molar-refractivity contribution >= 4 is 93.6 Å². The second-order valence-electron chi connectivity index (χ2n) is 28.9. The number of para-hydroxylation sites is 1. The molecule has 1 saturated heterocycles. The molecule has 0 saturated carbocycles. The third kappa shape index (κ3) is 32.3. The number of H-pyrrole nitrogens is 2. The van der Waals surface area contributed by atoms with Crippen molar-refractivity contribution in [1.82, 2.24) is 77.1 Å². The second kappa shape index (κ2) is 45.3. The number of nitrogens with one attached hydrogen (secondary N) is 11. The average molecular weight is 1530 g/mol. The molecule has 6 atom stereocenters. The van der Waals surface area contributed by atoms with E-state index in [4.69, 9.17) is 10.5 Å². The summed E-state index contributed by atoms with van der Waals surface area (Å²) < 4.78 is 5.53. The summed E-state index contributed by atoms with van der Waals surface area (Å²) in [5.41, 5.74) is 9.31. The number of rotatable bonds is 43. The molecule has 1 fully saturated rings. The molecule has 6 rings (SSSR count). The van der Waals surface area contributed by atoms with Crippen LogP contribution in [-0.2, 0) is 92.9 Å². The molecule has 600 valence electrons. The molecule has 1 aliphatic heterocycles. The number of fused-ring (bicyclic) bond motifs is 1. The number of anilines is 1. The van der Waals surface area contributed by atoms with E-state index in [1.807, 2.05) is 18.2 Å². The maximum atomic E-state index is 15.0. The molecule has 0 radical (unpaired) electrons. The molecule has 0 aliphatic carbocycles. The Balaban J connectivity index is 1.07. The fourth-order valence-corrected chi connectivity index (χ4v) is 12.8. The van der Waals surface area contributed by atoms with E-state index < -0.39 is 133 Å². The van der Waals surface area contributed by atoms with E-state index in [0.717, 1.165) is 23.7 Å². The number of amides is 10. The minimum absolute atomic E-state index is 0.0658. The SMILES string of the molecule is CC(C)CC(CC(C)C)NC(=O)[C@H](Cc1cnc[nH]1)NC(=O)CNC(=O)[C@@H](NC(=O)[C@H](C)NC(=O)[C@H](Cc1c[nH]c2ccccc12)[C@H](CCC(N)=O)NC(=O)[C@@H](Cc1ccccc1)NC(=O)COCC(=O)Nc1ccc(CNC(=O)CN2CCN(CC(=O)O)CCN(CC(=O)O)CCN(CC(=O)O)CC2)cc1)C(C)C. The number of carbonyl (C=O) groups is 13. The number of hydrogen-bond donors (Lipinski definition) is 15. The lowest BCUT2D eigenvalue weighted by Crippen LogP contribution is -2.58. The van der Waals surface area contributed by atoms with E-state index in [1.165, 1.54) is 13.3 Å². The molecular formula is C76H109N17O17. The largest absolute Gasteiger partial charge is 0.480 e. The standard InChI is InChI=1S/C76H109N17O17/c1-47(2)31-55(32-48(3)4)85-74(107)62(35-56-38-78-46-82-56)86-64(95)39-81-76(109)71(49(5)6)89-72(105)50(7)83-73(106)58(34-53-37-79-59-16-12-11-15-57(53)59)60(21-22-63(77)94)88-75(108)61(33-51-13-9-8-10-14-51)87-67(98)45-110-44-66(97)84-54-19-17-52(18-20-54)36-80-65(96)40-90-23-25-91(41-68(99)100)27-29-93(43-70(103)104)30-28-92(26-24-90)42-69(101)102/h8-20,37-38,46-50,55,58,60-62,71,79H,21-36,39-45H2,1-7H3,(H2,77,94)(H,78,82)(H,80,96)(H,81,109)(H,83,106)(H,84,97)(H,85,107)(H,86,95)(H,87,98)(H,88,108)(H,89,105)(H,99,100)(H,101,102)(H,103,104)/t50-,58+,60-,61+,62-,71-/m0/s1. The molecule has 2 aromatic heterocycles. The van der Waals surface area contributed by atoms with E-state index in [0.29, 0.717) is 28.1 Å². The van der Waals surface area contributed by atoms with Gasteiger partial charge in [-0.2, -0.15) is 0 Å². The van der Waals surface area contributed by atoms with Gasteiger partial charge in [0.25, 0.3) is 0 Å². The molecule has 16 N–H and O–H groups in total. The van der Waals surface area contributed by atoms with Gasteiger partial charge in [-0.25, -0.2) is 4.98 Å². The van der Waals surface area contributed by atoms with Gasteiger partial charge in [0, 0.05) is 125 Å². The number of ether oxygens (including phenoxy) is 1. The molecular weight excluding hydrogens is 1420 g/mol. The third-order valence-electron chi connectivity index (χ3n) is 18.4. The first-order valence-electron chi connectivity index (χ1n) is 37.1. The van der Waals surface area contributed by atoms with Gasteiger partial charge in [-0.05, 0) is 85.3 Å². The van der Waals surface area contributed by atoms with Gasteiger partial charge in [-0.15, -0.1) is 0 Å². The minimum Gasteiger partial charge on any atom is -0.480 e. The number of primary amides is 1. The molecule has 1 aliphatic rings. The Kier molecular flexibility index (Phi) is 36.4. The van der Waals surface area contributed by atoms with Crippen molar-refractivity contribution in [3.8, 4) is 0 Å². The Bertz CT molecular complexity index is 3810. The molecule has 3 heterocycles. The second-order valence-corrected chi connectivity index (χ2v) is 28.9. The summed E-state index contributed by atoms with van der Waals surface area (Å²) >= 11 is 0. The van der Waals surface area contributed by atoms with Crippen LogP contribution >= 0.6 is 0 Å². The molecule has 34 nitrogen and oxygen atoms in total. The Morgan fingerprint density at radius 1 is 0.527 bits per heavy atom. The first-order chi connectivity index (χ1) is 52.4. The zero-order chi connectivity index (χ0) is 80.4. The fourth-order valence-electron chi connectivity index (χ4n) is 12.8. The van der Waals surface area contributed by atoms with Gasteiger partial charge in [0.1, 0.15) is 37.4 Å². The number of carbonyl (C=O) groups excluding carboxylic acids is 10. The number of nitrogens with two attached hydrogens (primary N) is 1.